The molecule has 0 heterocycles. The van der Waals surface area contributed by atoms with Crippen molar-refractivity contribution < 1.29 is 9.53 Å². The van der Waals surface area contributed by atoms with E-state index in [1.807, 2.05) is 12.1 Å². The summed E-state index contributed by atoms with van der Waals surface area (Å²) in [5.74, 6) is -0.299. The predicted molar refractivity (Wildman–Crippen MR) is 87.1 cm³/mol. The molecule has 0 atom stereocenters. The molecule has 0 fully saturated rings. The number of ether oxygens (including phenoxy) is 1. The Bertz CT molecular complexity index is 618. The number of rotatable bonds is 5. The van der Waals surface area contributed by atoms with E-state index in [2.05, 4.69) is 32.0 Å². The van der Waals surface area contributed by atoms with Crippen LogP contribution in [0.2, 0.25) is 0 Å². The molecule has 0 bridgehead atoms. The average molecular weight is 300 g/mol. The lowest BCUT2D eigenvalue weighted by atomic mass is 10.0. The molecule has 0 aliphatic rings. The quantitative estimate of drug-likeness (QED) is 0.745. The minimum Gasteiger partial charge on any atom is -0.465 e. The van der Waals surface area contributed by atoms with Gasteiger partial charge in [-0.25, -0.2) is 4.79 Å². The second-order valence-electron chi connectivity index (χ2n) is 4.76. The van der Waals surface area contributed by atoms with Crippen molar-refractivity contribution in [2.45, 2.75) is 36.5 Å². The summed E-state index contributed by atoms with van der Waals surface area (Å²) in [7, 11) is 1.40. The van der Waals surface area contributed by atoms with Crippen molar-refractivity contribution >= 4 is 17.7 Å². The molecular formula is C18H20O2S. The molecule has 2 rings (SSSR count). The fourth-order valence-electron chi connectivity index (χ4n) is 2.25. The Morgan fingerprint density at radius 3 is 2.14 bits per heavy atom. The van der Waals surface area contributed by atoms with Gasteiger partial charge in [0.2, 0.25) is 0 Å². The highest BCUT2D eigenvalue weighted by Crippen LogP contribution is 2.29. The number of hydrogen-bond acceptors (Lipinski definition) is 3. The third kappa shape index (κ3) is 3.88. The molecule has 3 heteroatoms. The van der Waals surface area contributed by atoms with Gasteiger partial charge in [-0.15, -0.1) is 0 Å². The van der Waals surface area contributed by atoms with Crippen molar-refractivity contribution in [2.75, 3.05) is 7.11 Å². The van der Waals surface area contributed by atoms with Gasteiger partial charge in [0.05, 0.1) is 12.7 Å². The molecule has 0 aliphatic carbocycles. The molecule has 2 nitrogen and oxygen atoms in total. The molecule has 0 saturated heterocycles. The number of hydrogen-bond donors (Lipinski definition) is 0. The van der Waals surface area contributed by atoms with Gasteiger partial charge >= 0.3 is 5.97 Å². The number of methoxy groups -OCH3 is 1. The van der Waals surface area contributed by atoms with Gasteiger partial charge in [0.25, 0.3) is 0 Å². The van der Waals surface area contributed by atoms with E-state index in [-0.39, 0.29) is 5.97 Å². The first-order valence-corrected chi connectivity index (χ1v) is 7.97. The lowest BCUT2D eigenvalue weighted by Crippen LogP contribution is -2.00. The minimum atomic E-state index is -0.299. The maximum absolute atomic E-state index is 11.4. The Labute approximate surface area is 130 Å². The molecular weight excluding hydrogens is 280 g/mol. The van der Waals surface area contributed by atoms with Crippen LogP contribution in [0.4, 0.5) is 0 Å². The maximum atomic E-state index is 11.4. The van der Waals surface area contributed by atoms with Crippen molar-refractivity contribution in [3.05, 3.63) is 59.2 Å². The number of benzene rings is 2. The molecule has 110 valence electrons. The summed E-state index contributed by atoms with van der Waals surface area (Å²) < 4.78 is 4.70. The number of aryl methyl sites for hydroxylation is 2. The van der Waals surface area contributed by atoms with E-state index < -0.39 is 0 Å². The lowest BCUT2D eigenvalue weighted by Gasteiger charge is -2.09. The fraction of sp³-hybridized carbons (Fsp3) is 0.278. The zero-order valence-corrected chi connectivity index (χ0v) is 13.5. The average Bonchev–Trinajstić information content (AvgIpc) is 2.54. The van der Waals surface area contributed by atoms with Crippen molar-refractivity contribution in [1.82, 2.24) is 0 Å². The van der Waals surface area contributed by atoms with Gasteiger partial charge in [0.15, 0.2) is 0 Å². The minimum absolute atomic E-state index is 0.299. The smallest absolute Gasteiger partial charge is 0.337 e. The number of carbonyl (C=O) groups excluding carboxylic acids is 1. The van der Waals surface area contributed by atoms with Gasteiger partial charge in [0, 0.05) is 9.79 Å². The zero-order valence-electron chi connectivity index (χ0n) is 12.7. The summed E-state index contributed by atoms with van der Waals surface area (Å²) in [5, 5.41) is 0. The summed E-state index contributed by atoms with van der Waals surface area (Å²) in [6.45, 7) is 4.38. The van der Waals surface area contributed by atoms with Crippen molar-refractivity contribution in [3.63, 3.8) is 0 Å². The summed E-state index contributed by atoms with van der Waals surface area (Å²) >= 11 is 1.71. The Hall–Kier alpha value is -1.74. The third-order valence-corrected chi connectivity index (χ3v) is 4.45. The Balaban J connectivity index is 2.16. The van der Waals surface area contributed by atoms with E-state index in [1.165, 1.54) is 23.1 Å². The summed E-state index contributed by atoms with van der Waals surface area (Å²) in [6, 6.07) is 14.1. The highest BCUT2D eigenvalue weighted by atomic mass is 32.2. The first kappa shape index (κ1) is 15.6. The third-order valence-electron chi connectivity index (χ3n) is 3.45. The highest BCUT2D eigenvalue weighted by molar-refractivity contribution is 7.99. The Kier molecular flexibility index (Phi) is 5.45. The van der Waals surface area contributed by atoms with Crippen molar-refractivity contribution in [2.24, 2.45) is 0 Å². The zero-order chi connectivity index (χ0) is 15.2. The van der Waals surface area contributed by atoms with Crippen LogP contribution in [-0.2, 0) is 17.6 Å². The van der Waals surface area contributed by atoms with Crippen LogP contribution < -0.4 is 0 Å². The van der Waals surface area contributed by atoms with Crippen LogP contribution in [0.15, 0.2) is 52.3 Å². The van der Waals surface area contributed by atoms with Crippen LogP contribution in [0.1, 0.15) is 35.3 Å². The number of esters is 1. The molecule has 0 aliphatic heterocycles. The van der Waals surface area contributed by atoms with Gasteiger partial charge in [-0.3, -0.25) is 0 Å². The predicted octanol–water partition coefficient (Wildman–Crippen LogP) is 4.75. The van der Waals surface area contributed by atoms with E-state index in [1.54, 1.807) is 23.9 Å². The summed E-state index contributed by atoms with van der Waals surface area (Å²) in [4.78, 5) is 13.8. The summed E-state index contributed by atoms with van der Waals surface area (Å²) in [6.07, 6.45) is 2.13. The van der Waals surface area contributed by atoms with Gasteiger partial charge in [0.1, 0.15) is 0 Å². The SMILES string of the molecule is CCc1ccc(Sc2ccc(C(=O)OC)cc2)cc1CC. The molecule has 0 radical (unpaired) electrons. The first-order chi connectivity index (χ1) is 10.2. The van der Waals surface area contributed by atoms with Crippen LogP contribution in [0, 0.1) is 0 Å². The van der Waals surface area contributed by atoms with E-state index in [0.717, 1.165) is 17.7 Å². The van der Waals surface area contributed by atoms with Gasteiger partial charge < -0.3 is 4.74 Å². The maximum Gasteiger partial charge on any atom is 0.337 e. The van der Waals surface area contributed by atoms with Crippen LogP contribution in [0.3, 0.4) is 0 Å². The Morgan fingerprint density at radius 1 is 0.952 bits per heavy atom. The van der Waals surface area contributed by atoms with Crippen molar-refractivity contribution in [1.29, 1.82) is 0 Å². The molecule has 0 saturated carbocycles. The molecule has 0 amide bonds. The molecule has 0 aromatic heterocycles. The second-order valence-corrected chi connectivity index (χ2v) is 5.90. The largest absolute Gasteiger partial charge is 0.465 e. The van der Waals surface area contributed by atoms with Gasteiger partial charge in [-0.1, -0.05) is 31.7 Å². The molecule has 2 aromatic carbocycles. The normalized spacial score (nSPS) is 10.4. The molecule has 0 spiro atoms. The van der Waals surface area contributed by atoms with Crippen LogP contribution in [0.5, 0.6) is 0 Å². The monoisotopic (exact) mass is 300 g/mol. The molecule has 0 N–H and O–H groups in total. The van der Waals surface area contributed by atoms with E-state index >= 15 is 0 Å². The lowest BCUT2D eigenvalue weighted by molar-refractivity contribution is 0.0600. The highest BCUT2D eigenvalue weighted by Gasteiger charge is 2.06. The van der Waals surface area contributed by atoms with Crippen LogP contribution in [-0.4, -0.2) is 13.1 Å². The van der Waals surface area contributed by atoms with E-state index in [4.69, 9.17) is 4.74 Å². The first-order valence-electron chi connectivity index (χ1n) is 7.16. The second kappa shape index (κ2) is 7.32. The van der Waals surface area contributed by atoms with E-state index in [0.29, 0.717) is 5.56 Å². The molecule has 21 heavy (non-hydrogen) atoms. The standard InChI is InChI=1S/C18H20O2S/c1-4-13-6-11-17(12-14(13)5-2)21-16-9-7-15(8-10-16)18(19)20-3/h6-12H,4-5H2,1-3H3. The van der Waals surface area contributed by atoms with E-state index in [9.17, 15) is 4.79 Å². The molecule has 2 aromatic rings. The van der Waals surface area contributed by atoms with Gasteiger partial charge in [-0.05, 0) is 60.4 Å². The number of carbonyl (C=O) groups is 1. The van der Waals surface area contributed by atoms with Crippen LogP contribution in [0.25, 0.3) is 0 Å². The Morgan fingerprint density at radius 2 is 1.57 bits per heavy atom. The topological polar surface area (TPSA) is 26.3 Å². The fourth-order valence-corrected chi connectivity index (χ4v) is 3.13. The molecule has 0 unspecified atom stereocenters. The van der Waals surface area contributed by atoms with Gasteiger partial charge in [-0.2, -0.15) is 0 Å². The van der Waals surface area contributed by atoms with Crippen LogP contribution >= 0.6 is 11.8 Å². The van der Waals surface area contributed by atoms with Crippen molar-refractivity contribution in [3.8, 4) is 0 Å². The summed E-state index contributed by atoms with van der Waals surface area (Å²) in [5.41, 5.74) is 3.41.